The molecule has 0 aliphatic heterocycles. The average molecular weight is 449 g/mol. The molecule has 1 atom stereocenters. The highest BCUT2D eigenvalue weighted by Crippen LogP contribution is 2.31. The molecule has 0 bridgehead atoms. The molecule has 1 amide bonds. The van der Waals surface area contributed by atoms with Gasteiger partial charge in [-0.3, -0.25) is 10.1 Å². The summed E-state index contributed by atoms with van der Waals surface area (Å²) in [5.74, 6) is 2.38. The number of carbonyl (C=O) groups excluding carboxylic acids is 1. The molecule has 30 heavy (non-hydrogen) atoms. The Balaban J connectivity index is 1.73. The lowest BCUT2D eigenvalue weighted by atomic mass is 10.2. The van der Waals surface area contributed by atoms with E-state index in [2.05, 4.69) is 39.6 Å². The maximum absolute atomic E-state index is 12.2. The van der Waals surface area contributed by atoms with Gasteiger partial charge < -0.3 is 14.0 Å². The van der Waals surface area contributed by atoms with Gasteiger partial charge in [0.1, 0.15) is 5.51 Å². The minimum Gasteiger partial charge on any atom is -0.493 e. The summed E-state index contributed by atoms with van der Waals surface area (Å²) < 4.78 is 13.5. The number of methoxy groups -OCH3 is 1. The summed E-state index contributed by atoms with van der Waals surface area (Å²) in [7, 11) is 1.61. The summed E-state index contributed by atoms with van der Waals surface area (Å²) in [6.07, 6.45) is -0.350. The molecule has 9 nitrogen and oxygen atoms in total. The van der Waals surface area contributed by atoms with Gasteiger partial charge in [-0.05, 0) is 25.0 Å². The summed E-state index contributed by atoms with van der Waals surface area (Å²) in [6.45, 7) is 6.87. The van der Waals surface area contributed by atoms with Crippen molar-refractivity contribution in [1.82, 2.24) is 25.0 Å². The topological polar surface area (TPSA) is 104 Å². The first-order chi connectivity index (χ1) is 14.5. The minimum atomic E-state index is -0.350. The van der Waals surface area contributed by atoms with Crippen molar-refractivity contribution >= 4 is 34.1 Å². The van der Waals surface area contributed by atoms with E-state index in [9.17, 15) is 4.79 Å². The van der Waals surface area contributed by atoms with Crippen LogP contribution in [-0.4, -0.2) is 43.7 Å². The van der Waals surface area contributed by atoms with Crippen molar-refractivity contribution in [2.45, 2.75) is 38.6 Å². The van der Waals surface area contributed by atoms with Crippen LogP contribution < -0.4 is 14.8 Å². The zero-order chi connectivity index (χ0) is 21.5. The van der Waals surface area contributed by atoms with Gasteiger partial charge in [0.2, 0.25) is 11.0 Å². The van der Waals surface area contributed by atoms with Gasteiger partial charge in [-0.2, -0.15) is 0 Å². The van der Waals surface area contributed by atoms with E-state index in [1.54, 1.807) is 12.6 Å². The molecule has 160 valence electrons. The predicted octanol–water partition coefficient (Wildman–Crippen LogP) is 3.67. The zero-order valence-electron chi connectivity index (χ0n) is 17.2. The standard InChI is InChI=1S/C19H24N6O3S2/c1-12(2)9-25-17(13(3)28-15-8-6-5-7-14(15)27-4)22-24-19(25)29-10-16(26)21-18-23-20-11-30-18/h5-8,11-13H,9-10H2,1-4H3,(H,21,23,26). The van der Waals surface area contributed by atoms with Crippen LogP contribution in [0.1, 0.15) is 32.7 Å². The Morgan fingerprint density at radius 2 is 1.97 bits per heavy atom. The van der Waals surface area contributed by atoms with Crippen LogP contribution in [0.4, 0.5) is 5.13 Å². The van der Waals surface area contributed by atoms with E-state index in [1.807, 2.05) is 35.8 Å². The molecule has 3 aromatic rings. The Morgan fingerprint density at radius 3 is 2.63 bits per heavy atom. The summed E-state index contributed by atoms with van der Waals surface area (Å²) in [6, 6.07) is 7.48. The van der Waals surface area contributed by atoms with E-state index in [-0.39, 0.29) is 17.8 Å². The minimum absolute atomic E-state index is 0.171. The fourth-order valence-electron chi connectivity index (χ4n) is 2.72. The van der Waals surface area contributed by atoms with Crippen molar-refractivity contribution in [2.75, 3.05) is 18.2 Å². The van der Waals surface area contributed by atoms with E-state index in [0.717, 1.165) is 0 Å². The highest BCUT2D eigenvalue weighted by molar-refractivity contribution is 7.99. The molecule has 2 aromatic heterocycles. The normalized spacial score (nSPS) is 12.0. The number of benzene rings is 1. The Labute approximate surface area is 183 Å². The van der Waals surface area contributed by atoms with Crippen molar-refractivity contribution in [3.63, 3.8) is 0 Å². The number of para-hydroxylation sites is 2. The molecule has 1 aromatic carbocycles. The molecule has 1 N–H and O–H groups in total. The molecule has 11 heteroatoms. The Morgan fingerprint density at radius 1 is 1.20 bits per heavy atom. The summed E-state index contributed by atoms with van der Waals surface area (Å²) in [4.78, 5) is 12.2. The first-order valence-electron chi connectivity index (χ1n) is 9.39. The second kappa shape index (κ2) is 10.4. The number of aromatic nitrogens is 5. The highest BCUT2D eigenvalue weighted by atomic mass is 32.2. The van der Waals surface area contributed by atoms with Gasteiger partial charge >= 0.3 is 0 Å². The Bertz CT molecular complexity index is 961. The SMILES string of the molecule is COc1ccccc1OC(C)c1nnc(SCC(=O)Nc2nncs2)n1CC(C)C. The fraction of sp³-hybridized carbons (Fsp3) is 0.421. The lowest BCUT2D eigenvalue weighted by molar-refractivity contribution is -0.113. The van der Waals surface area contributed by atoms with E-state index in [1.165, 1.54) is 23.1 Å². The molecule has 2 heterocycles. The van der Waals surface area contributed by atoms with Gasteiger partial charge in [0.05, 0.1) is 12.9 Å². The smallest absolute Gasteiger partial charge is 0.236 e. The molecule has 3 rings (SSSR count). The van der Waals surface area contributed by atoms with Crippen LogP contribution in [-0.2, 0) is 11.3 Å². The quantitative estimate of drug-likeness (QED) is 0.469. The molecular weight excluding hydrogens is 424 g/mol. The number of amides is 1. The molecule has 0 aliphatic carbocycles. The van der Waals surface area contributed by atoms with Gasteiger partial charge in [-0.1, -0.05) is 49.1 Å². The van der Waals surface area contributed by atoms with E-state index in [0.29, 0.717) is 40.1 Å². The van der Waals surface area contributed by atoms with Gasteiger partial charge in [-0.15, -0.1) is 20.4 Å². The molecule has 1 unspecified atom stereocenters. The van der Waals surface area contributed by atoms with Crippen molar-refractivity contribution < 1.29 is 14.3 Å². The summed E-state index contributed by atoms with van der Waals surface area (Å²) in [5, 5.41) is 20.0. The number of thioether (sulfide) groups is 1. The van der Waals surface area contributed by atoms with E-state index < -0.39 is 0 Å². The number of ether oxygens (including phenoxy) is 2. The van der Waals surface area contributed by atoms with Crippen molar-refractivity contribution in [1.29, 1.82) is 0 Å². The monoisotopic (exact) mass is 448 g/mol. The molecule has 0 aliphatic rings. The lowest BCUT2D eigenvalue weighted by Gasteiger charge is -2.19. The Hall–Kier alpha value is -2.66. The van der Waals surface area contributed by atoms with Crippen molar-refractivity contribution in [2.24, 2.45) is 5.92 Å². The van der Waals surface area contributed by atoms with Crippen LogP contribution in [0, 0.1) is 5.92 Å². The number of rotatable bonds is 10. The lowest BCUT2D eigenvalue weighted by Crippen LogP contribution is -2.17. The van der Waals surface area contributed by atoms with Gasteiger partial charge in [-0.25, -0.2) is 0 Å². The van der Waals surface area contributed by atoms with Crippen LogP contribution in [0.3, 0.4) is 0 Å². The van der Waals surface area contributed by atoms with Crippen LogP contribution in [0.25, 0.3) is 0 Å². The number of carbonyl (C=O) groups is 1. The molecule has 0 saturated carbocycles. The number of anilines is 1. The van der Waals surface area contributed by atoms with Crippen molar-refractivity contribution in [3.05, 3.63) is 35.6 Å². The molecule has 0 fully saturated rings. The maximum atomic E-state index is 12.2. The maximum Gasteiger partial charge on any atom is 0.236 e. The number of hydrogen-bond donors (Lipinski definition) is 1. The van der Waals surface area contributed by atoms with Crippen LogP contribution >= 0.6 is 23.1 Å². The summed E-state index contributed by atoms with van der Waals surface area (Å²) in [5.41, 5.74) is 1.57. The third-order valence-corrected chi connectivity index (χ3v) is 5.54. The first-order valence-corrected chi connectivity index (χ1v) is 11.3. The Kier molecular flexibility index (Phi) is 7.63. The molecule has 0 radical (unpaired) electrons. The molecular formula is C19H24N6O3S2. The van der Waals surface area contributed by atoms with Crippen LogP contribution in [0.2, 0.25) is 0 Å². The van der Waals surface area contributed by atoms with E-state index >= 15 is 0 Å². The summed E-state index contributed by atoms with van der Waals surface area (Å²) >= 11 is 2.60. The van der Waals surface area contributed by atoms with Gasteiger partial charge in [0, 0.05) is 6.54 Å². The van der Waals surface area contributed by atoms with Crippen molar-refractivity contribution in [3.8, 4) is 11.5 Å². The van der Waals surface area contributed by atoms with Crippen LogP contribution in [0.15, 0.2) is 34.9 Å². The molecule has 0 saturated heterocycles. The highest BCUT2D eigenvalue weighted by Gasteiger charge is 2.22. The first kappa shape index (κ1) is 22.0. The average Bonchev–Trinajstić information content (AvgIpc) is 3.36. The third-order valence-electron chi connectivity index (χ3n) is 3.97. The van der Waals surface area contributed by atoms with E-state index in [4.69, 9.17) is 9.47 Å². The number of nitrogens with one attached hydrogen (secondary N) is 1. The second-order valence-electron chi connectivity index (χ2n) is 6.84. The largest absolute Gasteiger partial charge is 0.493 e. The fourth-order valence-corrected chi connectivity index (χ4v) is 3.93. The predicted molar refractivity (Wildman–Crippen MR) is 116 cm³/mol. The zero-order valence-corrected chi connectivity index (χ0v) is 18.9. The number of nitrogens with zero attached hydrogens (tertiary/aromatic N) is 5. The third kappa shape index (κ3) is 5.70. The second-order valence-corrected chi connectivity index (χ2v) is 8.61. The number of hydrogen-bond acceptors (Lipinski definition) is 9. The van der Waals surface area contributed by atoms with Gasteiger partial charge in [0.15, 0.2) is 28.6 Å². The molecule has 0 spiro atoms. The van der Waals surface area contributed by atoms with Gasteiger partial charge in [0.25, 0.3) is 0 Å². The van der Waals surface area contributed by atoms with Crippen LogP contribution in [0.5, 0.6) is 11.5 Å².